The van der Waals surface area contributed by atoms with Crippen molar-refractivity contribution in [3.8, 4) is 5.75 Å². The van der Waals surface area contributed by atoms with Gasteiger partial charge in [0.1, 0.15) is 5.75 Å². The van der Waals surface area contributed by atoms with Crippen LogP contribution in [0.25, 0.3) is 0 Å². The van der Waals surface area contributed by atoms with Crippen LogP contribution in [0.5, 0.6) is 5.75 Å². The third-order valence-corrected chi connectivity index (χ3v) is 5.21. The monoisotopic (exact) mass is 431 g/mol. The first-order valence-corrected chi connectivity index (χ1v) is 10.5. The molecule has 164 valence electrons. The van der Waals surface area contributed by atoms with Crippen molar-refractivity contribution in [3.05, 3.63) is 77.7 Å². The van der Waals surface area contributed by atoms with Crippen LogP contribution in [0.4, 0.5) is 11.5 Å². The van der Waals surface area contributed by atoms with E-state index in [0.29, 0.717) is 30.2 Å². The second-order valence-electron chi connectivity index (χ2n) is 7.44. The summed E-state index contributed by atoms with van der Waals surface area (Å²) in [4.78, 5) is 35.8. The first-order valence-electron chi connectivity index (χ1n) is 10.5. The molecular formula is C24H25N5O3. The quantitative estimate of drug-likeness (QED) is 0.596. The predicted molar refractivity (Wildman–Crippen MR) is 122 cm³/mol. The molecular weight excluding hydrogens is 406 g/mol. The number of rotatable bonds is 7. The lowest BCUT2D eigenvalue weighted by Crippen LogP contribution is -2.40. The fourth-order valence-corrected chi connectivity index (χ4v) is 3.52. The second-order valence-corrected chi connectivity index (χ2v) is 7.44. The maximum absolute atomic E-state index is 12.9. The Labute approximate surface area is 186 Å². The van der Waals surface area contributed by atoms with Crippen LogP contribution in [0.15, 0.2) is 60.9 Å². The molecule has 2 amide bonds. The molecule has 8 nitrogen and oxygen atoms in total. The van der Waals surface area contributed by atoms with Crippen LogP contribution in [0, 0.1) is 0 Å². The Balaban J connectivity index is 1.52. The summed E-state index contributed by atoms with van der Waals surface area (Å²) < 4.78 is 5.47. The van der Waals surface area contributed by atoms with Gasteiger partial charge in [-0.05, 0) is 49.7 Å². The minimum atomic E-state index is -0.266. The smallest absolute Gasteiger partial charge is 0.253 e. The van der Waals surface area contributed by atoms with E-state index >= 15 is 0 Å². The second kappa shape index (κ2) is 9.47. The highest BCUT2D eigenvalue weighted by molar-refractivity contribution is 6.04. The van der Waals surface area contributed by atoms with Crippen LogP contribution >= 0.6 is 0 Å². The van der Waals surface area contributed by atoms with E-state index < -0.39 is 0 Å². The Morgan fingerprint density at radius 3 is 2.75 bits per heavy atom. The highest BCUT2D eigenvalue weighted by Gasteiger charge is 2.26. The number of hydrogen-bond donors (Lipinski definition) is 2. The molecule has 1 atom stereocenters. The van der Waals surface area contributed by atoms with Crippen LogP contribution in [-0.4, -0.2) is 34.9 Å². The van der Waals surface area contributed by atoms with E-state index in [1.54, 1.807) is 17.2 Å². The Hall–Kier alpha value is -3.94. The summed E-state index contributed by atoms with van der Waals surface area (Å²) in [6.07, 6.45) is 3.20. The van der Waals surface area contributed by atoms with Crippen molar-refractivity contribution < 1.29 is 14.3 Å². The first kappa shape index (κ1) is 21.3. The van der Waals surface area contributed by atoms with Crippen molar-refractivity contribution in [2.45, 2.75) is 26.4 Å². The van der Waals surface area contributed by atoms with Gasteiger partial charge in [-0.15, -0.1) is 0 Å². The lowest BCUT2D eigenvalue weighted by molar-refractivity contribution is -0.117. The van der Waals surface area contributed by atoms with Crippen LogP contribution < -0.4 is 20.3 Å². The molecule has 3 aromatic rings. The van der Waals surface area contributed by atoms with Crippen molar-refractivity contribution in [3.63, 3.8) is 0 Å². The summed E-state index contributed by atoms with van der Waals surface area (Å²) in [6, 6.07) is 14.7. The van der Waals surface area contributed by atoms with Crippen LogP contribution in [-0.2, 0) is 11.3 Å². The largest absolute Gasteiger partial charge is 0.494 e. The maximum atomic E-state index is 12.9. The third-order valence-electron chi connectivity index (χ3n) is 5.21. The molecule has 1 aromatic carbocycles. The molecule has 2 aromatic heterocycles. The van der Waals surface area contributed by atoms with Gasteiger partial charge < -0.3 is 20.3 Å². The number of amides is 2. The number of fused-ring (bicyclic) bond motifs is 1. The summed E-state index contributed by atoms with van der Waals surface area (Å²) in [5, 5.41) is 6.00. The fourth-order valence-electron chi connectivity index (χ4n) is 3.52. The van der Waals surface area contributed by atoms with Crippen molar-refractivity contribution in [2.75, 3.05) is 23.4 Å². The standard InChI is InChI=1S/C24H25N5O3/c1-3-32-20-9-7-17(8-10-20)16(2)28-24(31)18-12-21-23(26-13-18)27-14-22(30)29(21)15-19-6-4-5-11-25-19/h4-13,16H,3,14-15H2,1-2H3,(H,26,27)(H,28,31). The van der Waals surface area contributed by atoms with E-state index in [9.17, 15) is 9.59 Å². The lowest BCUT2D eigenvalue weighted by Gasteiger charge is -2.29. The molecule has 0 saturated carbocycles. The fraction of sp³-hybridized carbons (Fsp3) is 0.250. The Bertz CT molecular complexity index is 1100. The van der Waals surface area contributed by atoms with E-state index in [4.69, 9.17) is 4.74 Å². The molecule has 0 radical (unpaired) electrons. The minimum absolute atomic E-state index is 0.106. The third kappa shape index (κ3) is 4.69. The Kier molecular flexibility index (Phi) is 6.30. The molecule has 0 fully saturated rings. The molecule has 1 unspecified atom stereocenters. The first-order chi connectivity index (χ1) is 15.5. The minimum Gasteiger partial charge on any atom is -0.494 e. The Morgan fingerprint density at radius 2 is 2.03 bits per heavy atom. The molecule has 8 heteroatoms. The van der Waals surface area contributed by atoms with Crippen molar-refractivity contribution in [1.82, 2.24) is 15.3 Å². The van der Waals surface area contributed by atoms with Crippen molar-refractivity contribution in [1.29, 1.82) is 0 Å². The van der Waals surface area contributed by atoms with Gasteiger partial charge in [0.25, 0.3) is 5.91 Å². The molecule has 0 aliphatic carbocycles. The molecule has 3 heterocycles. The van der Waals surface area contributed by atoms with Gasteiger partial charge in [0, 0.05) is 12.4 Å². The number of anilines is 2. The van der Waals surface area contributed by atoms with E-state index in [0.717, 1.165) is 17.0 Å². The zero-order valence-corrected chi connectivity index (χ0v) is 18.0. The van der Waals surface area contributed by atoms with Crippen LogP contribution in [0.1, 0.15) is 41.5 Å². The van der Waals surface area contributed by atoms with Crippen LogP contribution in [0.2, 0.25) is 0 Å². The number of ether oxygens (including phenoxy) is 1. The van der Waals surface area contributed by atoms with Crippen LogP contribution in [0.3, 0.4) is 0 Å². The molecule has 2 N–H and O–H groups in total. The zero-order valence-electron chi connectivity index (χ0n) is 18.0. The number of benzene rings is 1. The highest BCUT2D eigenvalue weighted by atomic mass is 16.5. The SMILES string of the molecule is CCOc1ccc(C(C)NC(=O)c2cnc3c(c2)N(Cc2ccccn2)C(=O)CN3)cc1. The van der Waals surface area contributed by atoms with Gasteiger partial charge in [-0.3, -0.25) is 14.6 Å². The topological polar surface area (TPSA) is 96.4 Å². The molecule has 0 spiro atoms. The van der Waals surface area contributed by atoms with Gasteiger partial charge in [-0.1, -0.05) is 18.2 Å². The van der Waals surface area contributed by atoms with Gasteiger partial charge in [0.2, 0.25) is 5.91 Å². The normalized spacial score (nSPS) is 13.7. The van der Waals surface area contributed by atoms with E-state index in [-0.39, 0.29) is 24.4 Å². The van der Waals surface area contributed by atoms with Gasteiger partial charge in [-0.25, -0.2) is 4.98 Å². The van der Waals surface area contributed by atoms with Gasteiger partial charge in [0.15, 0.2) is 5.82 Å². The van der Waals surface area contributed by atoms with Crippen molar-refractivity contribution in [2.24, 2.45) is 0 Å². The molecule has 4 rings (SSSR count). The summed E-state index contributed by atoms with van der Waals surface area (Å²) in [5.41, 5.74) is 2.66. The number of aromatic nitrogens is 2. The number of pyridine rings is 2. The van der Waals surface area contributed by atoms with E-state index in [1.165, 1.54) is 6.20 Å². The number of carbonyl (C=O) groups is 2. The predicted octanol–water partition coefficient (Wildman–Crippen LogP) is 3.33. The number of carbonyl (C=O) groups excluding carboxylic acids is 2. The van der Waals surface area contributed by atoms with Gasteiger partial charge in [0.05, 0.1) is 42.7 Å². The highest BCUT2D eigenvalue weighted by Crippen LogP contribution is 2.30. The van der Waals surface area contributed by atoms with Gasteiger partial charge in [-0.2, -0.15) is 0 Å². The molecule has 0 saturated heterocycles. The van der Waals surface area contributed by atoms with Gasteiger partial charge >= 0.3 is 0 Å². The average molecular weight is 431 g/mol. The van der Waals surface area contributed by atoms with E-state index in [1.807, 2.05) is 56.3 Å². The summed E-state index contributed by atoms with van der Waals surface area (Å²) in [5.74, 6) is 0.984. The number of hydrogen-bond acceptors (Lipinski definition) is 6. The summed E-state index contributed by atoms with van der Waals surface area (Å²) >= 11 is 0. The Morgan fingerprint density at radius 1 is 1.22 bits per heavy atom. The average Bonchev–Trinajstić information content (AvgIpc) is 2.82. The maximum Gasteiger partial charge on any atom is 0.253 e. The van der Waals surface area contributed by atoms with E-state index in [2.05, 4.69) is 20.6 Å². The molecule has 0 bridgehead atoms. The molecule has 32 heavy (non-hydrogen) atoms. The van der Waals surface area contributed by atoms with Crippen molar-refractivity contribution >= 4 is 23.3 Å². The molecule has 1 aliphatic rings. The summed E-state index contributed by atoms with van der Waals surface area (Å²) in [6.45, 7) is 4.91. The summed E-state index contributed by atoms with van der Waals surface area (Å²) in [7, 11) is 0. The lowest BCUT2D eigenvalue weighted by atomic mass is 10.1. The zero-order chi connectivity index (χ0) is 22.5. The molecule has 1 aliphatic heterocycles. The number of nitrogens with zero attached hydrogens (tertiary/aromatic N) is 3. The number of nitrogens with one attached hydrogen (secondary N) is 2.